The van der Waals surface area contributed by atoms with Gasteiger partial charge in [0.05, 0.1) is 17.9 Å². The second-order valence-corrected chi connectivity index (χ2v) is 6.28. The molecule has 19 heavy (non-hydrogen) atoms. The molecule has 0 aromatic heterocycles. The molecule has 0 amide bonds. The van der Waals surface area contributed by atoms with Crippen molar-refractivity contribution in [3.63, 3.8) is 0 Å². The first-order valence-corrected chi connectivity index (χ1v) is 7.39. The van der Waals surface area contributed by atoms with Gasteiger partial charge in [0, 0.05) is 11.0 Å². The number of aliphatic hydroxyl groups is 1. The summed E-state index contributed by atoms with van der Waals surface area (Å²) in [5.74, 6) is 0. The van der Waals surface area contributed by atoms with Crippen molar-refractivity contribution >= 4 is 26.0 Å². The highest BCUT2D eigenvalue weighted by Gasteiger charge is 2.28. The van der Waals surface area contributed by atoms with Crippen molar-refractivity contribution in [1.29, 1.82) is 0 Å². The van der Waals surface area contributed by atoms with Gasteiger partial charge < -0.3 is 5.11 Å². The van der Waals surface area contributed by atoms with E-state index in [1.165, 1.54) is 18.2 Å². The first-order chi connectivity index (χ1) is 8.65. The Bertz CT molecular complexity index is 545. The molecule has 0 saturated carbocycles. The van der Waals surface area contributed by atoms with E-state index in [9.17, 15) is 21.6 Å². The zero-order valence-corrected chi connectivity index (χ0v) is 11.9. The second-order valence-electron chi connectivity index (χ2n) is 3.69. The lowest BCUT2D eigenvalue weighted by Gasteiger charge is -2.11. The Hall–Kier alpha value is -0.640. The number of sulfonamides is 1. The summed E-state index contributed by atoms with van der Waals surface area (Å²) in [6.07, 6.45) is -5.67. The molecule has 1 aromatic rings. The maximum atomic E-state index is 12.0. The molecular formula is C10H11BrF3NO3S. The minimum Gasteiger partial charge on any atom is -0.392 e. The van der Waals surface area contributed by atoms with E-state index in [0.29, 0.717) is 5.56 Å². The Kier molecular flexibility index (Phi) is 5.36. The predicted molar refractivity (Wildman–Crippen MR) is 65.9 cm³/mol. The molecule has 0 heterocycles. The lowest BCUT2D eigenvalue weighted by atomic mass is 10.2. The van der Waals surface area contributed by atoms with Crippen molar-refractivity contribution < 1.29 is 26.7 Å². The maximum absolute atomic E-state index is 12.0. The van der Waals surface area contributed by atoms with E-state index in [4.69, 9.17) is 5.11 Å². The van der Waals surface area contributed by atoms with Gasteiger partial charge in [-0.15, -0.1) is 0 Å². The Labute approximate surface area is 116 Å². The van der Waals surface area contributed by atoms with Gasteiger partial charge in [-0.25, -0.2) is 13.1 Å². The molecule has 0 aliphatic carbocycles. The number of hydrogen-bond donors (Lipinski definition) is 2. The third-order valence-corrected chi connectivity index (χ3v) is 4.62. The van der Waals surface area contributed by atoms with Gasteiger partial charge in [-0.3, -0.25) is 0 Å². The van der Waals surface area contributed by atoms with Crippen LogP contribution in [0.25, 0.3) is 0 Å². The molecule has 0 atom stereocenters. The van der Waals surface area contributed by atoms with Gasteiger partial charge in [-0.05, 0) is 33.6 Å². The van der Waals surface area contributed by atoms with Gasteiger partial charge in [-0.1, -0.05) is 6.07 Å². The normalized spacial score (nSPS) is 12.7. The number of hydrogen-bond acceptors (Lipinski definition) is 3. The third kappa shape index (κ3) is 5.09. The summed E-state index contributed by atoms with van der Waals surface area (Å²) in [4.78, 5) is -0.207. The summed E-state index contributed by atoms with van der Waals surface area (Å²) < 4.78 is 61.6. The van der Waals surface area contributed by atoms with Crippen molar-refractivity contribution in [2.75, 3.05) is 6.54 Å². The van der Waals surface area contributed by atoms with E-state index in [1.807, 2.05) is 4.72 Å². The van der Waals surface area contributed by atoms with E-state index < -0.39 is 29.2 Å². The van der Waals surface area contributed by atoms with Crippen LogP contribution in [0.1, 0.15) is 12.0 Å². The van der Waals surface area contributed by atoms with E-state index in [1.54, 1.807) is 0 Å². The van der Waals surface area contributed by atoms with Crippen molar-refractivity contribution in [3.05, 3.63) is 28.2 Å². The smallest absolute Gasteiger partial charge is 0.390 e. The zero-order valence-electron chi connectivity index (χ0n) is 9.54. The molecule has 0 saturated heterocycles. The van der Waals surface area contributed by atoms with Crippen LogP contribution in [0.15, 0.2) is 27.6 Å². The topological polar surface area (TPSA) is 66.4 Å². The van der Waals surface area contributed by atoms with E-state index >= 15 is 0 Å². The van der Waals surface area contributed by atoms with Gasteiger partial charge in [0.2, 0.25) is 10.0 Å². The number of alkyl halides is 3. The van der Waals surface area contributed by atoms with E-state index in [-0.39, 0.29) is 16.0 Å². The number of aliphatic hydroxyl groups excluding tert-OH is 1. The highest BCUT2D eigenvalue weighted by molar-refractivity contribution is 9.10. The fourth-order valence-corrected chi connectivity index (χ4v) is 3.30. The molecule has 0 radical (unpaired) electrons. The van der Waals surface area contributed by atoms with Crippen LogP contribution in [0, 0.1) is 0 Å². The molecule has 0 aliphatic rings. The molecule has 1 aromatic carbocycles. The Balaban J connectivity index is 2.88. The summed E-state index contributed by atoms with van der Waals surface area (Å²) in [5, 5.41) is 8.92. The van der Waals surface area contributed by atoms with Crippen molar-refractivity contribution in [3.8, 4) is 0 Å². The Morgan fingerprint density at radius 2 is 1.95 bits per heavy atom. The minimum atomic E-state index is -4.42. The molecular weight excluding hydrogens is 351 g/mol. The quantitative estimate of drug-likeness (QED) is 0.844. The first kappa shape index (κ1) is 16.4. The fraction of sp³-hybridized carbons (Fsp3) is 0.400. The van der Waals surface area contributed by atoms with Crippen molar-refractivity contribution in [1.82, 2.24) is 4.72 Å². The lowest BCUT2D eigenvalue weighted by molar-refractivity contribution is -0.132. The van der Waals surface area contributed by atoms with Crippen molar-refractivity contribution in [2.45, 2.75) is 24.1 Å². The summed E-state index contributed by atoms with van der Waals surface area (Å²) in [6.45, 7) is -1.10. The van der Waals surface area contributed by atoms with E-state index in [0.717, 1.165) is 0 Å². The second kappa shape index (κ2) is 6.21. The molecule has 0 bridgehead atoms. The van der Waals surface area contributed by atoms with Gasteiger partial charge in [-0.2, -0.15) is 13.2 Å². The molecule has 0 unspecified atom stereocenters. The van der Waals surface area contributed by atoms with E-state index in [2.05, 4.69) is 15.9 Å². The highest BCUT2D eigenvalue weighted by atomic mass is 79.9. The molecule has 0 spiro atoms. The summed E-state index contributed by atoms with van der Waals surface area (Å²) in [7, 11) is -4.05. The largest absolute Gasteiger partial charge is 0.392 e. The van der Waals surface area contributed by atoms with Crippen molar-refractivity contribution in [2.24, 2.45) is 0 Å². The van der Waals surface area contributed by atoms with Crippen LogP contribution in [0.3, 0.4) is 0 Å². The Morgan fingerprint density at radius 3 is 2.47 bits per heavy atom. The predicted octanol–water partition coefficient (Wildman–Crippen LogP) is 2.17. The number of rotatable bonds is 5. The van der Waals surface area contributed by atoms with Crippen LogP contribution in [0.2, 0.25) is 0 Å². The average Bonchev–Trinajstić information content (AvgIpc) is 2.27. The van der Waals surface area contributed by atoms with Crippen LogP contribution >= 0.6 is 15.9 Å². The fourth-order valence-electron chi connectivity index (χ4n) is 1.26. The average molecular weight is 362 g/mol. The highest BCUT2D eigenvalue weighted by Crippen LogP contribution is 2.24. The Morgan fingerprint density at radius 1 is 1.32 bits per heavy atom. The van der Waals surface area contributed by atoms with Crippen LogP contribution in [-0.2, 0) is 16.6 Å². The van der Waals surface area contributed by atoms with Crippen LogP contribution in [-0.4, -0.2) is 26.2 Å². The maximum Gasteiger partial charge on any atom is 0.390 e. The molecule has 9 heteroatoms. The molecule has 4 nitrogen and oxygen atoms in total. The monoisotopic (exact) mass is 361 g/mol. The van der Waals surface area contributed by atoms with Gasteiger partial charge in [0.25, 0.3) is 0 Å². The molecule has 0 aliphatic heterocycles. The molecule has 2 N–H and O–H groups in total. The van der Waals surface area contributed by atoms with Gasteiger partial charge >= 0.3 is 6.18 Å². The van der Waals surface area contributed by atoms with Crippen LogP contribution < -0.4 is 4.72 Å². The van der Waals surface area contributed by atoms with Gasteiger partial charge in [0.1, 0.15) is 0 Å². The van der Waals surface area contributed by atoms with Gasteiger partial charge in [0.15, 0.2) is 0 Å². The first-order valence-electron chi connectivity index (χ1n) is 5.11. The minimum absolute atomic E-state index is 0.207. The standard InChI is InChI=1S/C10H11BrF3NO3S/c11-8-2-1-7(6-16)5-9(8)19(17,18)15-4-3-10(12,13)14/h1-2,5,15-16H,3-4,6H2. The zero-order chi connectivity index (χ0) is 14.7. The molecule has 1 rings (SSSR count). The molecule has 108 valence electrons. The summed E-state index contributed by atoms with van der Waals surface area (Å²) >= 11 is 3.00. The number of benzene rings is 1. The third-order valence-electron chi connectivity index (χ3n) is 2.17. The number of halogens is 4. The van der Waals surface area contributed by atoms with Crippen LogP contribution in [0.5, 0.6) is 0 Å². The lowest BCUT2D eigenvalue weighted by Crippen LogP contribution is -2.28. The van der Waals surface area contributed by atoms with Crippen LogP contribution in [0.4, 0.5) is 13.2 Å². The summed E-state index contributed by atoms with van der Waals surface area (Å²) in [5.41, 5.74) is 0.347. The SMILES string of the molecule is O=S(=O)(NCCC(F)(F)F)c1cc(CO)ccc1Br. The summed E-state index contributed by atoms with van der Waals surface area (Å²) in [6, 6.07) is 4.10. The molecule has 0 fully saturated rings. The number of nitrogens with one attached hydrogen (secondary N) is 1.